The summed E-state index contributed by atoms with van der Waals surface area (Å²) in [6.45, 7) is 0.0189. The van der Waals surface area contributed by atoms with Crippen LogP contribution in [-0.4, -0.2) is 35.1 Å². The summed E-state index contributed by atoms with van der Waals surface area (Å²) in [4.78, 5) is 17.1. The van der Waals surface area contributed by atoms with Crippen molar-refractivity contribution in [1.29, 1.82) is 0 Å². The number of aromatic nitrogens is 1. The monoisotopic (exact) mass is 292 g/mol. The van der Waals surface area contributed by atoms with E-state index in [1.165, 1.54) is 23.4 Å². The number of nitrogens with zero attached hydrogens (tertiary/aromatic N) is 2. The van der Waals surface area contributed by atoms with Crippen LogP contribution in [0.1, 0.15) is 23.2 Å². The Morgan fingerprint density at radius 1 is 1.47 bits per heavy atom. The van der Waals surface area contributed by atoms with Gasteiger partial charge < -0.3 is 4.90 Å². The van der Waals surface area contributed by atoms with Gasteiger partial charge in [-0.05, 0) is 18.9 Å². The van der Waals surface area contributed by atoms with Crippen molar-refractivity contribution in [3.63, 3.8) is 0 Å². The number of rotatable bonds is 1. The minimum absolute atomic E-state index is 0.0668. The second-order valence-corrected chi connectivity index (χ2v) is 4.89. The van der Waals surface area contributed by atoms with E-state index in [1.54, 1.807) is 0 Å². The lowest BCUT2D eigenvalue weighted by Crippen LogP contribution is -2.44. The SMILES string of the molecule is O=C(c1ccncc1Cl)N1CCCC(C(F)(F)F)C1. The average Bonchev–Trinajstić information content (AvgIpc) is 2.38. The second-order valence-electron chi connectivity index (χ2n) is 4.49. The maximum absolute atomic E-state index is 12.7. The molecule has 1 saturated heterocycles. The van der Waals surface area contributed by atoms with Gasteiger partial charge in [0.05, 0.1) is 16.5 Å². The second kappa shape index (κ2) is 5.36. The Balaban J connectivity index is 2.14. The fraction of sp³-hybridized carbons (Fsp3) is 0.500. The number of alkyl halides is 3. The summed E-state index contributed by atoms with van der Waals surface area (Å²) >= 11 is 5.83. The van der Waals surface area contributed by atoms with Crippen molar-refractivity contribution < 1.29 is 18.0 Å². The molecule has 2 rings (SSSR count). The zero-order chi connectivity index (χ0) is 14.0. The summed E-state index contributed by atoms with van der Waals surface area (Å²) in [7, 11) is 0. The van der Waals surface area contributed by atoms with Crippen molar-refractivity contribution in [3.8, 4) is 0 Å². The molecule has 104 valence electrons. The Bertz CT molecular complexity index is 478. The highest BCUT2D eigenvalue weighted by molar-refractivity contribution is 6.33. The number of amides is 1. The molecule has 0 bridgehead atoms. The van der Waals surface area contributed by atoms with Crippen molar-refractivity contribution in [3.05, 3.63) is 29.0 Å². The highest BCUT2D eigenvalue weighted by Crippen LogP contribution is 2.33. The van der Waals surface area contributed by atoms with E-state index in [0.29, 0.717) is 13.0 Å². The van der Waals surface area contributed by atoms with E-state index in [0.717, 1.165) is 0 Å². The first-order valence-corrected chi connectivity index (χ1v) is 6.23. The molecular formula is C12H12ClF3N2O. The molecule has 3 nitrogen and oxygen atoms in total. The van der Waals surface area contributed by atoms with Crippen LogP contribution in [0.3, 0.4) is 0 Å². The molecule has 1 unspecified atom stereocenters. The minimum atomic E-state index is -4.26. The van der Waals surface area contributed by atoms with Gasteiger partial charge >= 0.3 is 6.18 Å². The van der Waals surface area contributed by atoms with Gasteiger partial charge in [-0.3, -0.25) is 9.78 Å². The molecular weight excluding hydrogens is 281 g/mol. The normalized spacial score (nSPS) is 20.4. The summed E-state index contributed by atoms with van der Waals surface area (Å²) in [6, 6.07) is 1.42. The molecule has 1 atom stereocenters. The van der Waals surface area contributed by atoms with Gasteiger partial charge in [0.15, 0.2) is 0 Å². The zero-order valence-corrected chi connectivity index (χ0v) is 10.7. The number of pyridine rings is 1. The Labute approximate surface area is 113 Å². The van der Waals surface area contributed by atoms with Crippen LogP contribution in [0, 0.1) is 5.92 Å². The van der Waals surface area contributed by atoms with Crippen molar-refractivity contribution in [1.82, 2.24) is 9.88 Å². The lowest BCUT2D eigenvalue weighted by atomic mass is 9.97. The molecule has 1 fully saturated rings. The van der Waals surface area contributed by atoms with E-state index in [2.05, 4.69) is 4.98 Å². The summed E-state index contributed by atoms with van der Waals surface area (Å²) in [5.74, 6) is -1.92. The van der Waals surface area contributed by atoms with Crippen LogP contribution in [0.25, 0.3) is 0 Å². The quantitative estimate of drug-likeness (QED) is 0.796. The third-order valence-corrected chi connectivity index (χ3v) is 3.48. The molecule has 1 aromatic heterocycles. The Morgan fingerprint density at radius 2 is 2.21 bits per heavy atom. The fourth-order valence-corrected chi connectivity index (χ4v) is 2.35. The number of piperidine rings is 1. The highest BCUT2D eigenvalue weighted by Gasteiger charge is 2.42. The number of halogens is 4. The van der Waals surface area contributed by atoms with Gasteiger partial charge in [-0.25, -0.2) is 0 Å². The molecule has 0 spiro atoms. The van der Waals surface area contributed by atoms with Crippen LogP contribution in [0.4, 0.5) is 13.2 Å². The molecule has 0 N–H and O–H groups in total. The molecule has 0 aliphatic carbocycles. The predicted octanol–water partition coefficient (Wildman–Crippen LogP) is 3.15. The minimum Gasteiger partial charge on any atom is -0.338 e. The Morgan fingerprint density at radius 3 is 2.84 bits per heavy atom. The first-order chi connectivity index (χ1) is 8.89. The predicted molar refractivity (Wildman–Crippen MR) is 63.9 cm³/mol. The molecule has 1 aliphatic rings. The van der Waals surface area contributed by atoms with Crippen LogP contribution >= 0.6 is 11.6 Å². The number of hydrogen-bond acceptors (Lipinski definition) is 2. The van der Waals surface area contributed by atoms with Crippen molar-refractivity contribution in [2.75, 3.05) is 13.1 Å². The average molecular weight is 293 g/mol. The molecule has 0 saturated carbocycles. The number of hydrogen-bond donors (Lipinski definition) is 0. The molecule has 7 heteroatoms. The summed E-state index contributed by atoms with van der Waals surface area (Å²) in [5.41, 5.74) is 0.194. The van der Waals surface area contributed by atoms with Gasteiger partial charge in [-0.15, -0.1) is 0 Å². The zero-order valence-electron chi connectivity index (χ0n) is 9.95. The third kappa shape index (κ3) is 3.18. The molecule has 1 aliphatic heterocycles. The topological polar surface area (TPSA) is 33.2 Å². The molecule has 0 aromatic carbocycles. The number of carbonyl (C=O) groups excluding carboxylic acids is 1. The van der Waals surface area contributed by atoms with Gasteiger partial charge in [0.2, 0.25) is 0 Å². The molecule has 1 aromatic rings. The summed E-state index contributed by atoms with van der Waals surface area (Å²) < 4.78 is 38.1. The van der Waals surface area contributed by atoms with E-state index < -0.39 is 18.0 Å². The Hall–Kier alpha value is -1.30. The van der Waals surface area contributed by atoms with Crippen LogP contribution in [-0.2, 0) is 0 Å². The number of likely N-dealkylation sites (tertiary alicyclic amines) is 1. The fourth-order valence-electron chi connectivity index (χ4n) is 2.15. The van der Waals surface area contributed by atoms with E-state index in [4.69, 9.17) is 11.6 Å². The van der Waals surface area contributed by atoms with Crippen molar-refractivity contribution in [2.24, 2.45) is 5.92 Å². The smallest absolute Gasteiger partial charge is 0.338 e. The van der Waals surface area contributed by atoms with Gasteiger partial charge in [-0.2, -0.15) is 13.2 Å². The Kier molecular flexibility index (Phi) is 3.99. The van der Waals surface area contributed by atoms with Crippen LogP contribution in [0.2, 0.25) is 5.02 Å². The molecule has 2 heterocycles. The highest BCUT2D eigenvalue weighted by atomic mass is 35.5. The van der Waals surface area contributed by atoms with E-state index in [9.17, 15) is 18.0 Å². The van der Waals surface area contributed by atoms with Crippen LogP contribution in [0.15, 0.2) is 18.5 Å². The van der Waals surface area contributed by atoms with Crippen LogP contribution in [0.5, 0.6) is 0 Å². The lowest BCUT2D eigenvalue weighted by molar-refractivity contribution is -0.184. The van der Waals surface area contributed by atoms with Gasteiger partial charge in [0, 0.05) is 25.5 Å². The largest absolute Gasteiger partial charge is 0.393 e. The molecule has 19 heavy (non-hydrogen) atoms. The maximum Gasteiger partial charge on any atom is 0.393 e. The van der Waals surface area contributed by atoms with E-state index >= 15 is 0 Å². The number of carbonyl (C=O) groups is 1. The van der Waals surface area contributed by atoms with Gasteiger partial charge in [-0.1, -0.05) is 11.6 Å². The summed E-state index contributed by atoms with van der Waals surface area (Å²) in [6.07, 6.45) is -1.15. The van der Waals surface area contributed by atoms with Gasteiger partial charge in [0.1, 0.15) is 0 Å². The maximum atomic E-state index is 12.7. The lowest BCUT2D eigenvalue weighted by Gasteiger charge is -2.33. The first-order valence-electron chi connectivity index (χ1n) is 5.85. The van der Waals surface area contributed by atoms with Crippen LogP contribution < -0.4 is 0 Å². The molecule has 1 amide bonds. The standard InChI is InChI=1S/C12H12ClF3N2O/c13-10-6-17-4-3-9(10)11(19)18-5-1-2-8(7-18)12(14,15)16/h3-4,6,8H,1-2,5,7H2. The third-order valence-electron chi connectivity index (χ3n) is 3.17. The molecule has 0 radical (unpaired) electrons. The summed E-state index contributed by atoms with van der Waals surface area (Å²) in [5, 5.41) is 0.154. The van der Waals surface area contributed by atoms with Crippen molar-refractivity contribution in [2.45, 2.75) is 19.0 Å². The van der Waals surface area contributed by atoms with E-state index in [1.807, 2.05) is 0 Å². The van der Waals surface area contributed by atoms with Gasteiger partial charge in [0.25, 0.3) is 5.91 Å². The van der Waals surface area contributed by atoms with E-state index in [-0.39, 0.29) is 23.6 Å². The first kappa shape index (κ1) is 14.1. The van der Waals surface area contributed by atoms with Crippen molar-refractivity contribution >= 4 is 17.5 Å².